The molecule has 4 rings (SSSR count). The summed E-state index contributed by atoms with van der Waals surface area (Å²) in [4.78, 5) is 37.7. The van der Waals surface area contributed by atoms with E-state index in [9.17, 15) is 14.4 Å². The van der Waals surface area contributed by atoms with Gasteiger partial charge in [-0.25, -0.2) is 9.59 Å². The molecule has 1 fully saturated rings. The van der Waals surface area contributed by atoms with Gasteiger partial charge in [0, 0.05) is 42.2 Å². The minimum atomic E-state index is -0.388. The molecule has 1 saturated heterocycles. The van der Waals surface area contributed by atoms with Gasteiger partial charge in [0.1, 0.15) is 17.9 Å². The van der Waals surface area contributed by atoms with Crippen LogP contribution in [0.3, 0.4) is 0 Å². The molecule has 2 aromatic carbocycles. The Hall–Kier alpha value is -3.81. The zero-order valence-corrected chi connectivity index (χ0v) is 19.3. The van der Waals surface area contributed by atoms with Crippen LogP contribution < -0.4 is 15.7 Å². The lowest BCUT2D eigenvalue weighted by molar-refractivity contribution is 0.0860. The molecule has 1 aromatic heterocycles. The number of rotatable bonds is 6. The zero-order valence-electron chi connectivity index (χ0n) is 19.3. The molecule has 1 aliphatic heterocycles. The molecule has 8 nitrogen and oxygen atoms in total. The molecule has 178 valence electrons. The molecule has 1 N–H and O–H groups in total. The summed E-state index contributed by atoms with van der Waals surface area (Å²) < 4.78 is 16.1. The maximum Gasteiger partial charge on any atom is 0.409 e. The Morgan fingerprint density at radius 3 is 2.53 bits per heavy atom. The number of ether oxygens (including phenoxy) is 2. The number of nitrogens with zero attached hydrogens (tertiary/aromatic N) is 1. The molecule has 0 bridgehead atoms. The van der Waals surface area contributed by atoms with Gasteiger partial charge in [0.15, 0.2) is 0 Å². The van der Waals surface area contributed by atoms with E-state index in [4.69, 9.17) is 13.9 Å². The summed E-state index contributed by atoms with van der Waals surface area (Å²) in [6, 6.07) is 14.1. The van der Waals surface area contributed by atoms with Crippen molar-refractivity contribution >= 4 is 23.0 Å². The van der Waals surface area contributed by atoms with Gasteiger partial charge in [-0.05, 0) is 62.1 Å². The minimum absolute atomic E-state index is 0.0257. The second-order valence-corrected chi connectivity index (χ2v) is 8.33. The van der Waals surface area contributed by atoms with Crippen molar-refractivity contribution in [2.24, 2.45) is 0 Å². The van der Waals surface area contributed by atoms with Crippen molar-refractivity contribution < 1.29 is 23.5 Å². The van der Waals surface area contributed by atoms with Gasteiger partial charge >= 0.3 is 11.7 Å². The number of carbonyl (C=O) groups is 2. The molecule has 0 atom stereocenters. The van der Waals surface area contributed by atoms with E-state index in [1.807, 2.05) is 31.2 Å². The highest BCUT2D eigenvalue weighted by atomic mass is 16.6. The number of carbonyl (C=O) groups excluding carboxylic acids is 2. The van der Waals surface area contributed by atoms with Gasteiger partial charge < -0.3 is 24.1 Å². The molecule has 0 aliphatic carbocycles. The van der Waals surface area contributed by atoms with E-state index in [1.54, 1.807) is 30.0 Å². The zero-order chi connectivity index (χ0) is 24.1. The second kappa shape index (κ2) is 10.4. The summed E-state index contributed by atoms with van der Waals surface area (Å²) >= 11 is 0. The summed E-state index contributed by atoms with van der Waals surface area (Å²) in [6.45, 7) is 5.46. The molecule has 0 radical (unpaired) electrons. The Balaban J connectivity index is 1.29. The Morgan fingerprint density at radius 2 is 1.82 bits per heavy atom. The second-order valence-electron chi connectivity index (χ2n) is 8.33. The molecule has 2 amide bonds. The molecule has 0 saturated carbocycles. The fraction of sp³-hybridized carbons (Fsp3) is 0.346. The van der Waals surface area contributed by atoms with Gasteiger partial charge in [0.2, 0.25) is 0 Å². The first-order chi connectivity index (χ1) is 16.4. The van der Waals surface area contributed by atoms with Gasteiger partial charge in [0.25, 0.3) is 5.91 Å². The number of amides is 2. The van der Waals surface area contributed by atoms with Crippen molar-refractivity contribution in [1.82, 2.24) is 10.2 Å². The number of aryl methyl sites for hydroxylation is 1. The summed E-state index contributed by atoms with van der Waals surface area (Å²) in [7, 11) is 0. The van der Waals surface area contributed by atoms with Gasteiger partial charge in [-0.1, -0.05) is 12.1 Å². The molecular weight excluding hydrogens is 436 g/mol. The van der Waals surface area contributed by atoms with Crippen molar-refractivity contribution in [2.45, 2.75) is 39.3 Å². The number of nitrogens with one attached hydrogen (secondary N) is 1. The Kier molecular flexibility index (Phi) is 7.15. The SMILES string of the molecule is CCOC(=O)N1CCC(NC(=O)c2ccc(COc3ccc4c(C)cc(=O)oc4c3)cc2)CC1. The lowest BCUT2D eigenvalue weighted by Gasteiger charge is -2.31. The molecule has 34 heavy (non-hydrogen) atoms. The van der Waals surface area contributed by atoms with Crippen molar-refractivity contribution in [2.75, 3.05) is 19.7 Å². The van der Waals surface area contributed by atoms with Crippen molar-refractivity contribution in [3.05, 3.63) is 75.6 Å². The highest BCUT2D eigenvalue weighted by Gasteiger charge is 2.24. The van der Waals surface area contributed by atoms with Crippen LogP contribution in [0.15, 0.2) is 57.7 Å². The summed E-state index contributed by atoms with van der Waals surface area (Å²) in [5.74, 6) is 0.458. The third kappa shape index (κ3) is 5.57. The Morgan fingerprint density at radius 1 is 1.09 bits per heavy atom. The Bertz CT molecular complexity index is 1230. The maximum absolute atomic E-state index is 12.6. The average Bonchev–Trinajstić information content (AvgIpc) is 2.83. The van der Waals surface area contributed by atoms with Crippen LogP contribution >= 0.6 is 0 Å². The monoisotopic (exact) mass is 464 g/mol. The number of hydrogen-bond donors (Lipinski definition) is 1. The van der Waals surface area contributed by atoms with Gasteiger partial charge in [-0.15, -0.1) is 0 Å². The first-order valence-corrected chi connectivity index (χ1v) is 11.4. The van der Waals surface area contributed by atoms with Crippen molar-refractivity contribution in [3.63, 3.8) is 0 Å². The molecule has 8 heteroatoms. The molecule has 3 aromatic rings. The highest BCUT2D eigenvalue weighted by Crippen LogP contribution is 2.23. The quantitative estimate of drug-likeness (QED) is 0.553. The van der Waals surface area contributed by atoms with E-state index in [1.165, 1.54) is 6.07 Å². The smallest absolute Gasteiger partial charge is 0.409 e. The fourth-order valence-corrected chi connectivity index (χ4v) is 4.00. The van der Waals surface area contributed by atoms with E-state index in [0.717, 1.165) is 16.5 Å². The Labute approximate surface area is 197 Å². The largest absolute Gasteiger partial charge is 0.489 e. The standard InChI is InChI=1S/C26H28N2O6/c1-3-32-26(31)28-12-10-20(11-13-28)27-25(30)19-6-4-18(5-7-19)16-33-21-8-9-22-17(2)14-24(29)34-23(22)15-21/h4-9,14-15,20H,3,10-13,16H2,1-2H3,(H,27,30). The number of fused-ring (bicyclic) bond motifs is 1. The third-order valence-electron chi connectivity index (χ3n) is 5.90. The van der Waals surface area contributed by atoms with Crippen molar-refractivity contribution in [1.29, 1.82) is 0 Å². The first kappa shape index (κ1) is 23.4. The fourth-order valence-electron chi connectivity index (χ4n) is 4.00. The molecular formula is C26H28N2O6. The lowest BCUT2D eigenvalue weighted by Crippen LogP contribution is -2.46. The van der Waals surface area contributed by atoms with Crippen LogP contribution in [-0.4, -0.2) is 42.6 Å². The molecule has 2 heterocycles. The normalized spacial score (nSPS) is 14.1. The predicted octanol–water partition coefficient (Wildman–Crippen LogP) is 4.03. The number of hydrogen-bond acceptors (Lipinski definition) is 6. The van der Waals surface area contributed by atoms with E-state index in [2.05, 4.69) is 5.32 Å². The molecule has 1 aliphatic rings. The number of piperidine rings is 1. The highest BCUT2D eigenvalue weighted by molar-refractivity contribution is 5.94. The van der Waals surface area contributed by atoms with Crippen LogP contribution in [0, 0.1) is 6.92 Å². The summed E-state index contributed by atoms with van der Waals surface area (Å²) in [5, 5.41) is 3.91. The van der Waals surface area contributed by atoms with E-state index in [0.29, 0.717) is 56.0 Å². The lowest BCUT2D eigenvalue weighted by atomic mass is 10.0. The predicted molar refractivity (Wildman–Crippen MR) is 127 cm³/mol. The average molecular weight is 465 g/mol. The molecule has 0 unspecified atom stereocenters. The van der Waals surface area contributed by atoms with Gasteiger partial charge in [-0.3, -0.25) is 4.79 Å². The van der Waals surface area contributed by atoms with Crippen LogP contribution in [0.4, 0.5) is 4.79 Å². The van der Waals surface area contributed by atoms with Crippen LogP contribution in [0.25, 0.3) is 11.0 Å². The third-order valence-corrected chi connectivity index (χ3v) is 5.90. The first-order valence-electron chi connectivity index (χ1n) is 11.4. The number of likely N-dealkylation sites (tertiary alicyclic amines) is 1. The van der Waals surface area contributed by atoms with Crippen LogP contribution in [-0.2, 0) is 11.3 Å². The van der Waals surface area contributed by atoms with Gasteiger partial charge in [-0.2, -0.15) is 0 Å². The maximum atomic E-state index is 12.6. The molecule has 0 spiro atoms. The topological polar surface area (TPSA) is 98.1 Å². The van der Waals surface area contributed by atoms with Crippen LogP contribution in [0.2, 0.25) is 0 Å². The van der Waals surface area contributed by atoms with E-state index >= 15 is 0 Å². The van der Waals surface area contributed by atoms with Crippen LogP contribution in [0.1, 0.15) is 41.3 Å². The van der Waals surface area contributed by atoms with Crippen LogP contribution in [0.5, 0.6) is 5.75 Å². The summed E-state index contributed by atoms with van der Waals surface area (Å²) in [5.41, 5.74) is 2.43. The van der Waals surface area contributed by atoms with Gasteiger partial charge in [0.05, 0.1) is 6.61 Å². The number of benzene rings is 2. The summed E-state index contributed by atoms with van der Waals surface area (Å²) in [6.07, 6.45) is 1.09. The van der Waals surface area contributed by atoms with Crippen molar-refractivity contribution in [3.8, 4) is 5.75 Å². The van der Waals surface area contributed by atoms with E-state index < -0.39 is 0 Å². The van der Waals surface area contributed by atoms with E-state index in [-0.39, 0.29) is 23.7 Å². The minimum Gasteiger partial charge on any atom is -0.489 e.